The van der Waals surface area contributed by atoms with Crippen LogP contribution in [0.4, 0.5) is 0 Å². The van der Waals surface area contributed by atoms with Gasteiger partial charge in [-0.05, 0) is 31.2 Å². The molecule has 2 rings (SSSR count). The number of carbonyl (C=O) groups is 3. The van der Waals surface area contributed by atoms with E-state index in [0.29, 0.717) is 24.8 Å². The van der Waals surface area contributed by atoms with Crippen LogP contribution in [0.15, 0.2) is 24.3 Å². The SMILES string of the molecule is COC(=O)CCC[C@]1(CC(=O)OC)CCc2ccccc2C1=O. The third-order valence-electron chi connectivity index (χ3n) is 4.59. The van der Waals surface area contributed by atoms with Gasteiger partial charge < -0.3 is 9.47 Å². The molecule has 1 aromatic carbocycles. The van der Waals surface area contributed by atoms with Crippen molar-refractivity contribution >= 4 is 17.7 Å². The lowest BCUT2D eigenvalue weighted by molar-refractivity contribution is -0.143. The summed E-state index contributed by atoms with van der Waals surface area (Å²) in [6.07, 6.45) is 2.63. The lowest BCUT2D eigenvalue weighted by Gasteiger charge is -2.36. The first-order chi connectivity index (χ1) is 11.0. The number of hydrogen-bond acceptors (Lipinski definition) is 5. The first-order valence-corrected chi connectivity index (χ1v) is 7.79. The molecule has 0 aliphatic heterocycles. The summed E-state index contributed by atoms with van der Waals surface area (Å²) in [5.41, 5.74) is 0.918. The Bertz CT molecular complexity index is 607. The van der Waals surface area contributed by atoms with Crippen molar-refractivity contribution in [2.45, 2.75) is 38.5 Å². The number of rotatable bonds is 6. The molecule has 0 saturated heterocycles. The molecule has 0 saturated carbocycles. The Morgan fingerprint density at radius 3 is 2.52 bits per heavy atom. The van der Waals surface area contributed by atoms with Crippen molar-refractivity contribution in [1.29, 1.82) is 0 Å². The Labute approximate surface area is 136 Å². The Hall–Kier alpha value is -2.17. The van der Waals surface area contributed by atoms with E-state index in [1.54, 1.807) is 0 Å². The second-order valence-corrected chi connectivity index (χ2v) is 5.95. The van der Waals surface area contributed by atoms with Gasteiger partial charge in [-0.2, -0.15) is 0 Å². The van der Waals surface area contributed by atoms with E-state index in [-0.39, 0.29) is 24.6 Å². The van der Waals surface area contributed by atoms with Crippen LogP contribution in [-0.2, 0) is 25.5 Å². The molecule has 0 spiro atoms. The minimum absolute atomic E-state index is 0.0189. The summed E-state index contributed by atoms with van der Waals surface area (Å²) in [5.74, 6) is -0.715. The third-order valence-corrected chi connectivity index (χ3v) is 4.59. The second kappa shape index (κ2) is 7.40. The number of fused-ring (bicyclic) bond motifs is 1. The van der Waals surface area contributed by atoms with Gasteiger partial charge in [0.25, 0.3) is 0 Å². The Morgan fingerprint density at radius 2 is 1.83 bits per heavy atom. The summed E-state index contributed by atoms with van der Waals surface area (Å²) in [4.78, 5) is 36.2. The van der Waals surface area contributed by atoms with Crippen LogP contribution in [0.1, 0.15) is 48.0 Å². The smallest absolute Gasteiger partial charge is 0.306 e. The molecule has 0 aromatic heterocycles. The Morgan fingerprint density at radius 1 is 1.13 bits per heavy atom. The number of esters is 2. The van der Waals surface area contributed by atoms with Gasteiger partial charge in [0.2, 0.25) is 0 Å². The molecule has 124 valence electrons. The molecule has 0 radical (unpaired) electrons. The molecule has 0 N–H and O–H groups in total. The molecule has 1 aromatic rings. The number of methoxy groups -OCH3 is 2. The highest BCUT2D eigenvalue weighted by atomic mass is 16.5. The van der Waals surface area contributed by atoms with Crippen molar-refractivity contribution in [3.05, 3.63) is 35.4 Å². The number of hydrogen-bond donors (Lipinski definition) is 0. The van der Waals surface area contributed by atoms with E-state index in [1.807, 2.05) is 24.3 Å². The number of carbonyl (C=O) groups excluding carboxylic acids is 3. The van der Waals surface area contributed by atoms with Crippen molar-refractivity contribution in [2.24, 2.45) is 5.41 Å². The first kappa shape index (κ1) is 17.2. The molecule has 0 heterocycles. The molecule has 1 atom stereocenters. The van der Waals surface area contributed by atoms with Crippen LogP contribution in [0.3, 0.4) is 0 Å². The molecule has 0 fully saturated rings. The number of ether oxygens (including phenoxy) is 2. The first-order valence-electron chi connectivity index (χ1n) is 7.79. The molecule has 5 heteroatoms. The van der Waals surface area contributed by atoms with Crippen molar-refractivity contribution in [2.75, 3.05) is 14.2 Å². The number of ketones is 1. The van der Waals surface area contributed by atoms with Gasteiger partial charge in [-0.1, -0.05) is 24.3 Å². The summed E-state index contributed by atoms with van der Waals surface area (Å²) in [7, 11) is 2.67. The van der Waals surface area contributed by atoms with Gasteiger partial charge >= 0.3 is 11.9 Å². The van der Waals surface area contributed by atoms with Crippen molar-refractivity contribution in [1.82, 2.24) is 0 Å². The van der Waals surface area contributed by atoms with E-state index >= 15 is 0 Å². The standard InChI is InChI=1S/C18H22O5/c1-22-15(19)8-5-10-18(12-16(20)23-2)11-9-13-6-3-4-7-14(13)17(18)21/h3-4,6-7H,5,8-12H2,1-2H3/t18-/m1/s1. The minimum atomic E-state index is -0.782. The van der Waals surface area contributed by atoms with Crippen LogP contribution >= 0.6 is 0 Å². The molecule has 23 heavy (non-hydrogen) atoms. The van der Waals surface area contributed by atoms with E-state index in [4.69, 9.17) is 4.74 Å². The molecule has 1 aliphatic rings. The fourth-order valence-electron chi connectivity index (χ4n) is 3.25. The van der Waals surface area contributed by atoms with Crippen LogP contribution in [0, 0.1) is 5.41 Å². The van der Waals surface area contributed by atoms with Gasteiger partial charge in [-0.3, -0.25) is 14.4 Å². The molecule has 1 aliphatic carbocycles. The monoisotopic (exact) mass is 318 g/mol. The van der Waals surface area contributed by atoms with E-state index in [1.165, 1.54) is 14.2 Å². The maximum absolute atomic E-state index is 13.0. The minimum Gasteiger partial charge on any atom is -0.469 e. The van der Waals surface area contributed by atoms with E-state index in [9.17, 15) is 14.4 Å². The number of aryl methyl sites for hydroxylation is 1. The predicted molar refractivity (Wildman–Crippen MR) is 84.0 cm³/mol. The Balaban J connectivity index is 2.22. The van der Waals surface area contributed by atoms with Gasteiger partial charge in [0, 0.05) is 17.4 Å². The highest BCUT2D eigenvalue weighted by molar-refractivity contribution is 6.04. The molecule has 5 nitrogen and oxygen atoms in total. The highest BCUT2D eigenvalue weighted by Gasteiger charge is 2.43. The van der Waals surface area contributed by atoms with E-state index < -0.39 is 11.4 Å². The van der Waals surface area contributed by atoms with Crippen LogP contribution in [0.2, 0.25) is 0 Å². The highest BCUT2D eigenvalue weighted by Crippen LogP contribution is 2.42. The molecular weight excluding hydrogens is 296 g/mol. The fourth-order valence-corrected chi connectivity index (χ4v) is 3.25. The van der Waals surface area contributed by atoms with Crippen molar-refractivity contribution < 1.29 is 23.9 Å². The zero-order chi connectivity index (χ0) is 16.9. The fraction of sp³-hybridized carbons (Fsp3) is 0.500. The number of Topliss-reactive ketones (excluding diaryl/α,β-unsaturated/α-hetero) is 1. The Kier molecular flexibility index (Phi) is 5.53. The number of benzene rings is 1. The van der Waals surface area contributed by atoms with Crippen molar-refractivity contribution in [3.8, 4) is 0 Å². The topological polar surface area (TPSA) is 69.7 Å². The maximum Gasteiger partial charge on any atom is 0.306 e. The lowest BCUT2D eigenvalue weighted by Crippen LogP contribution is -2.38. The summed E-state index contributed by atoms with van der Waals surface area (Å²) in [6, 6.07) is 7.50. The normalized spacial score (nSPS) is 19.8. The predicted octanol–water partition coefficient (Wildman–Crippen LogP) is 2.71. The van der Waals surface area contributed by atoms with Gasteiger partial charge in [0.1, 0.15) is 0 Å². The molecular formula is C18H22O5. The average Bonchev–Trinajstić information content (AvgIpc) is 2.58. The van der Waals surface area contributed by atoms with Crippen molar-refractivity contribution in [3.63, 3.8) is 0 Å². The molecule has 0 bridgehead atoms. The largest absolute Gasteiger partial charge is 0.469 e. The summed E-state index contributed by atoms with van der Waals surface area (Å²) in [6.45, 7) is 0. The third kappa shape index (κ3) is 3.78. The van der Waals surface area contributed by atoms with Gasteiger partial charge in [-0.15, -0.1) is 0 Å². The molecule has 0 unspecified atom stereocenters. The van der Waals surface area contributed by atoms with Crippen LogP contribution in [0.5, 0.6) is 0 Å². The van der Waals surface area contributed by atoms with Crippen LogP contribution in [0.25, 0.3) is 0 Å². The summed E-state index contributed by atoms with van der Waals surface area (Å²) < 4.78 is 9.42. The second-order valence-electron chi connectivity index (χ2n) is 5.95. The maximum atomic E-state index is 13.0. The zero-order valence-electron chi connectivity index (χ0n) is 13.6. The van der Waals surface area contributed by atoms with Gasteiger partial charge in [-0.25, -0.2) is 0 Å². The van der Waals surface area contributed by atoms with Crippen LogP contribution in [-0.4, -0.2) is 31.9 Å². The quantitative estimate of drug-likeness (QED) is 0.754. The van der Waals surface area contributed by atoms with Gasteiger partial charge in [0.05, 0.1) is 20.6 Å². The average molecular weight is 318 g/mol. The zero-order valence-corrected chi connectivity index (χ0v) is 13.6. The van der Waals surface area contributed by atoms with E-state index in [2.05, 4.69) is 4.74 Å². The lowest BCUT2D eigenvalue weighted by atomic mass is 9.66. The van der Waals surface area contributed by atoms with Gasteiger partial charge in [0.15, 0.2) is 5.78 Å². The molecule has 0 amide bonds. The van der Waals surface area contributed by atoms with Crippen LogP contribution < -0.4 is 0 Å². The summed E-state index contributed by atoms with van der Waals surface area (Å²) in [5, 5.41) is 0. The van der Waals surface area contributed by atoms with E-state index in [0.717, 1.165) is 12.0 Å². The summed E-state index contributed by atoms with van der Waals surface area (Å²) >= 11 is 0.